The topological polar surface area (TPSA) is 15.3 Å². The van der Waals surface area contributed by atoms with Crippen LogP contribution in [0.5, 0.6) is 0 Å². The van der Waals surface area contributed by atoms with Crippen molar-refractivity contribution in [2.75, 3.05) is 13.1 Å². The number of rotatable bonds is 4. The van der Waals surface area contributed by atoms with Gasteiger partial charge in [0, 0.05) is 22.6 Å². The zero-order chi connectivity index (χ0) is 13.8. The molecule has 0 aliphatic carbocycles. The van der Waals surface area contributed by atoms with Crippen LogP contribution in [0, 0.1) is 0 Å². The molecule has 0 bridgehead atoms. The molecule has 0 aromatic heterocycles. The molecule has 3 heteroatoms. The van der Waals surface area contributed by atoms with E-state index < -0.39 is 0 Å². The van der Waals surface area contributed by atoms with Crippen LogP contribution in [0.15, 0.2) is 28.7 Å². The van der Waals surface area contributed by atoms with Crippen LogP contribution >= 0.6 is 15.9 Å². The largest absolute Gasteiger partial charge is 0.307 e. The Morgan fingerprint density at radius 1 is 1.11 bits per heavy atom. The van der Waals surface area contributed by atoms with Gasteiger partial charge in [-0.05, 0) is 64.4 Å². The summed E-state index contributed by atoms with van der Waals surface area (Å²) < 4.78 is 1.15. The second-order valence-electron chi connectivity index (χ2n) is 5.84. The molecule has 0 spiro atoms. The maximum absolute atomic E-state index is 3.77. The number of halogens is 1. The molecular formula is C16H25BrN2. The summed E-state index contributed by atoms with van der Waals surface area (Å²) in [6.07, 6.45) is 2.53. The first-order chi connectivity index (χ1) is 9.06. The average Bonchev–Trinajstić information content (AvgIpc) is 2.40. The van der Waals surface area contributed by atoms with E-state index in [0.29, 0.717) is 18.1 Å². The second-order valence-corrected chi connectivity index (χ2v) is 6.76. The Morgan fingerprint density at radius 3 is 2.21 bits per heavy atom. The van der Waals surface area contributed by atoms with Crippen molar-refractivity contribution in [1.82, 2.24) is 10.2 Å². The number of hydrogen-bond acceptors (Lipinski definition) is 2. The highest BCUT2D eigenvalue weighted by molar-refractivity contribution is 9.10. The van der Waals surface area contributed by atoms with Crippen LogP contribution < -0.4 is 5.32 Å². The lowest BCUT2D eigenvalue weighted by atomic mass is 10.0. The van der Waals surface area contributed by atoms with Crippen LogP contribution in [-0.4, -0.2) is 30.1 Å². The van der Waals surface area contributed by atoms with E-state index in [2.05, 4.69) is 71.2 Å². The van der Waals surface area contributed by atoms with Crippen LogP contribution in [0.4, 0.5) is 0 Å². The van der Waals surface area contributed by atoms with Crippen molar-refractivity contribution < 1.29 is 0 Å². The van der Waals surface area contributed by atoms with Crippen molar-refractivity contribution >= 4 is 15.9 Å². The van der Waals surface area contributed by atoms with Crippen LogP contribution in [0.3, 0.4) is 0 Å². The predicted octanol–water partition coefficient (Wildman–Crippen LogP) is 3.97. The van der Waals surface area contributed by atoms with Gasteiger partial charge in [-0.25, -0.2) is 0 Å². The van der Waals surface area contributed by atoms with Gasteiger partial charge in [-0.15, -0.1) is 0 Å². The molecule has 1 fully saturated rings. The second kappa shape index (κ2) is 6.87. The minimum atomic E-state index is 0.434. The normalized spacial score (nSPS) is 19.8. The number of benzene rings is 1. The molecule has 1 N–H and O–H groups in total. The van der Waals surface area contributed by atoms with Crippen molar-refractivity contribution in [2.24, 2.45) is 0 Å². The first-order valence-electron chi connectivity index (χ1n) is 7.32. The molecule has 1 heterocycles. The first kappa shape index (κ1) is 15.0. The average molecular weight is 325 g/mol. The van der Waals surface area contributed by atoms with E-state index in [1.54, 1.807) is 0 Å². The summed E-state index contributed by atoms with van der Waals surface area (Å²) in [5, 5.41) is 3.77. The Hall–Kier alpha value is -0.380. The molecule has 0 saturated carbocycles. The molecule has 1 saturated heterocycles. The van der Waals surface area contributed by atoms with Gasteiger partial charge < -0.3 is 10.2 Å². The van der Waals surface area contributed by atoms with Crippen LogP contribution in [-0.2, 0) is 0 Å². The fraction of sp³-hybridized carbons (Fsp3) is 0.625. The summed E-state index contributed by atoms with van der Waals surface area (Å²) >= 11 is 3.49. The van der Waals surface area contributed by atoms with E-state index in [9.17, 15) is 0 Å². The zero-order valence-electron chi connectivity index (χ0n) is 12.2. The zero-order valence-corrected chi connectivity index (χ0v) is 13.8. The molecule has 1 atom stereocenters. The van der Waals surface area contributed by atoms with Crippen molar-refractivity contribution in [2.45, 2.75) is 51.7 Å². The van der Waals surface area contributed by atoms with E-state index in [-0.39, 0.29) is 0 Å². The van der Waals surface area contributed by atoms with Crippen LogP contribution in [0.25, 0.3) is 0 Å². The van der Waals surface area contributed by atoms with Crippen molar-refractivity contribution in [3.8, 4) is 0 Å². The molecule has 1 aromatic carbocycles. The molecule has 2 rings (SSSR count). The monoisotopic (exact) mass is 324 g/mol. The van der Waals surface area contributed by atoms with E-state index in [1.807, 2.05) is 0 Å². The fourth-order valence-electron chi connectivity index (χ4n) is 2.78. The van der Waals surface area contributed by atoms with Crippen molar-refractivity contribution in [1.29, 1.82) is 0 Å². The number of nitrogens with one attached hydrogen (secondary N) is 1. The Morgan fingerprint density at radius 2 is 1.68 bits per heavy atom. The molecule has 1 aliphatic heterocycles. The molecule has 2 nitrogen and oxygen atoms in total. The maximum Gasteiger partial charge on any atom is 0.0294 e. The Kier molecular flexibility index (Phi) is 5.43. The number of likely N-dealkylation sites (tertiary alicyclic amines) is 1. The van der Waals surface area contributed by atoms with Gasteiger partial charge in [0.2, 0.25) is 0 Å². The van der Waals surface area contributed by atoms with Crippen molar-refractivity contribution in [3.05, 3.63) is 34.3 Å². The minimum absolute atomic E-state index is 0.434. The van der Waals surface area contributed by atoms with Gasteiger partial charge in [-0.1, -0.05) is 28.1 Å². The quantitative estimate of drug-likeness (QED) is 0.901. The highest BCUT2D eigenvalue weighted by Gasteiger charge is 2.21. The van der Waals surface area contributed by atoms with Gasteiger partial charge in [0.05, 0.1) is 0 Å². The van der Waals surface area contributed by atoms with E-state index in [1.165, 1.54) is 31.5 Å². The van der Waals surface area contributed by atoms with Crippen LogP contribution in [0.2, 0.25) is 0 Å². The molecule has 0 radical (unpaired) electrons. The van der Waals surface area contributed by atoms with Gasteiger partial charge in [-0.3, -0.25) is 0 Å². The molecule has 0 amide bonds. The minimum Gasteiger partial charge on any atom is -0.307 e. The fourth-order valence-corrected chi connectivity index (χ4v) is 3.05. The lowest BCUT2D eigenvalue weighted by Crippen LogP contribution is -2.45. The predicted molar refractivity (Wildman–Crippen MR) is 85.4 cm³/mol. The SMILES string of the molecule is CC(NC1CCN(C(C)C)CC1)c1ccc(Br)cc1. The van der Waals surface area contributed by atoms with Gasteiger partial charge >= 0.3 is 0 Å². The summed E-state index contributed by atoms with van der Waals surface area (Å²) in [6.45, 7) is 9.29. The summed E-state index contributed by atoms with van der Waals surface area (Å²) in [7, 11) is 0. The van der Waals surface area contributed by atoms with Crippen molar-refractivity contribution in [3.63, 3.8) is 0 Å². The first-order valence-corrected chi connectivity index (χ1v) is 8.11. The van der Waals surface area contributed by atoms with Gasteiger partial charge in [-0.2, -0.15) is 0 Å². The summed E-state index contributed by atoms with van der Waals surface area (Å²) in [5.41, 5.74) is 1.37. The Balaban J connectivity index is 1.83. The number of hydrogen-bond donors (Lipinski definition) is 1. The van der Waals surface area contributed by atoms with E-state index in [0.717, 1.165) is 4.47 Å². The summed E-state index contributed by atoms with van der Waals surface area (Å²) in [4.78, 5) is 2.57. The maximum atomic E-state index is 3.77. The van der Waals surface area contributed by atoms with Gasteiger partial charge in [0.25, 0.3) is 0 Å². The Labute approximate surface area is 125 Å². The number of nitrogens with zero attached hydrogens (tertiary/aromatic N) is 1. The molecule has 106 valence electrons. The third-order valence-corrected chi connectivity index (χ3v) is 4.64. The smallest absolute Gasteiger partial charge is 0.0294 e. The highest BCUT2D eigenvalue weighted by atomic mass is 79.9. The highest BCUT2D eigenvalue weighted by Crippen LogP contribution is 2.20. The van der Waals surface area contributed by atoms with Crippen LogP contribution in [0.1, 0.15) is 45.2 Å². The third kappa shape index (κ3) is 4.30. The molecule has 1 aliphatic rings. The molecule has 1 aromatic rings. The van der Waals surface area contributed by atoms with E-state index in [4.69, 9.17) is 0 Å². The van der Waals surface area contributed by atoms with Gasteiger partial charge in [0.1, 0.15) is 0 Å². The molecule has 19 heavy (non-hydrogen) atoms. The molecule has 1 unspecified atom stereocenters. The lowest BCUT2D eigenvalue weighted by molar-refractivity contribution is 0.157. The number of piperidine rings is 1. The Bertz CT molecular complexity index is 380. The lowest BCUT2D eigenvalue weighted by Gasteiger charge is -2.36. The van der Waals surface area contributed by atoms with E-state index >= 15 is 0 Å². The summed E-state index contributed by atoms with van der Waals surface area (Å²) in [6, 6.07) is 10.4. The van der Waals surface area contributed by atoms with Gasteiger partial charge in [0.15, 0.2) is 0 Å². The standard InChI is InChI=1S/C16H25BrN2/c1-12(2)19-10-8-16(9-11-19)18-13(3)14-4-6-15(17)7-5-14/h4-7,12-13,16,18H,8-11H2,1-3H3. The third-order valence-electron chi connectivity index (χ3n) is 4.12. The summed E-state index contributed by atoms with van der Waals surface area (Å²) in [5.74, 6) is 0. The molecular weight excluding hydrogens is 300 g/mol.